The zero-order valence-corrected chi connectivity index (χ0v) is 19.9. The normalized spacial score (nSPS) is 14.2. The molecule has 3 aromatic rings. The summed E-state index contributed by atoms with van der Waals surface area (Å²) in [5.41, 5.74) is 8.10. The molecule has 1 aliphatic heterocycles. The number of nitrogens with one attached hydrogen (secondary N) is 1. The summed E-state index contributed by atoms with van der Waals surface area (Å²) in [5, 5.41) is 4.46. The van der Waals surface area contributed by atoms with E-state index in [1.807, 2.05) is 24.3 Å². The highest BCUT2D eigenvalue weighted by molar-refractivity contribution is 7.18. The smallest absolute Gasteiger partial charge is 0.410 e. The number of halogens is 2. The first-order valence-corrected chi connectivity index (χ1v) is 11.9. The first-order chi connectivity index (χ1) is 15.9. The third-order valence-corrected chi connectivity index (χ3v) is 6.66. The number of ether oxygens (including phenoxy) is 1. The molecule has 4 rings (SSSR count). The molecule has 1 aromatic heterocycles. The van der Waals surface area contributed by atoms with Crippen molar-refractivity contribution in [2.45, 2.75) is 19.4 Å². The van der Waals surface area contributed by atoms with Gasteiger partial charge in [0.2, 0.25) is 5.91 Å². The minimum Gasteiger partial charge on any atom is -0.445 e. The van der Waals surface area contributed by atoms with E-state index in [0.29, 0.717) is 46.8 Å². The maximum atomic E-state index is 12.8. The van der Waals surface area contributed by atoms with Crippen molar-refractivity contribution in [1.29, 1.82) is 0 Å². The largest absolute Gasteiger partial charge is 0.445 e. The van der Waals surface area contributed by atoms with Crippen LogP contribution >= 0.6 is 34.5 Å². The van der Waals surface area contributed by atoms with Crippen molar-refractivity contribution in [1.82, 2.24) is 9.88 Å². The van der Waals surface area contributed by atoms with Crippen molar-refractivity contribution in [3.05, 3.63) is 64.3 Å². The number of piperidine rings is 1. The molecule has 0 unspecified atom stereocenters. The van der Waals surface area contributed by atoms with Crippen LogP contribution in [0.15, 0.2) is 48.7 Å². The Hall–Kier alpha value is -2.81. The second kappa shape index (κ2) is 10.4. The summed E-state index contributed by atoms with van der Waals surface area (Å²) < 4.78 is 5.38. The summed E-state index contributed by atoms with van der Waals surface area (Å²) in [4.78, 5) is 31.8. The average Bonchev–Trinajstić information content (AvgIpc) is 3.23. The van der Waals surface area contributed by atoms with Gasteiger partial charge in [-0.2, -0.15) is 0 Å². The number of amides is 2. The molecule has 0 radical (unpaired) electrons. The van der Waals surface area contributed by atoms with Gasteiger partial charge in [0.25, 0.3) is 0 Å². The van der Waals surface area contributed by atoms with E-state index in [-0.39, 0.29) is 18.4 Å². The lowest BCUT2D eigenvalue weighted by molar-refractivity contribution is -0.121. The fourth-order valence-corrected chi connectivity index (χ4v) is 4.92. The topological polar surface area (TPSA) is 97.5 Å². The molecule has 0 bridgehead atoms. The Balaban J connectivity index is 1.27. The summed E-state index contributed by atoms with van der Waals surface area (Å²) >= 11 is 13.4. The standard InChI is InChI=1S/C23H22Cl2N4O3S/c24-17-8-14(9-18(25)11-17)13-32-23(31)29-6-4-15(5-7-29)21(30)28-19-3-1-2-16(10-19)20-12-27-22(26)33-20/h1-3,8-12,15H,4-7,13H2,(H2,26,27)(H,28,30). The first-order valence-electron chi connectivity index (χ1n) is 10.4. The van der Waals surface area contributed by atoms with Gasteiger partial charge in [0.05, 0.1) is 4.88 Å². The van der Waals surface area contributed by atoms with Crippen molar-refractivity contribution >= 4 is 57.4 Å². The average molecular weight is 505 g/mol. The van der Waals surface area contributed by atoms with Gasteiger partial charge in [-0.25, -0.2) is 9.78 Å². The molecule has 0 spiro atoms. The minimum atomic E-state index is -0.415. The number of hydrogen-bond acceptors (Lipinski definition) is 6. The van der Waals surface area contributed by atoms with Crippen molar-refractivity contribution in [2.24, 2.45) is 5.92 Å². The van der Waals surface area contributed by atoms with Crippen LogP contribution in [0.25, 0.3) is 10.4 Å². The SMILES string of the molecule is Nc1ncc(-c2cccc(NC(=O)C3CCN(C(=O)OCc4cc(Cl)cc(Cl)c4)CC3)c2)s1. The number of carbonyl (C=O) groups excluding carboxylic acids is 2. The van der Waals surface area contributed by atoms with Crippen LogP contribution in [0.2, 0.25) is 10.0 Å². The molecule has 1 saturated heterocycles. The highest BCUT2D eigenvalue weighted by atomic mass is 35.5. The Morgan fingerprint density at radius 3 is 2.55 bits per heavy atom. The molecule has 1 fully saturated rings. The molecule has 10 heteroatoms. The number of benzene rings is 2. The Bertz CT molecular complexity index is 1140. The zero-order valence-electron chi connectivity index (χ0n) is 17.6. The van der Waals surface area contributed by atoms with Crippen molar-refractivity contribution < 1.29 is 14.3 Å². The number of thiazole rings is 1. The molecule has 2 heterocycles. The summed E-state index contributed by atoms with van der Waals surface area (Å²) in [6.07, 6.45) is 2.43. The van der Waals surface area contributed by atoms with Gasteiger partial charge < -0.3 is 20.7 Å². The molecule has 7 nitrogen and oxygen atoms in total. The third kappa shape index (κ3) is 6.16. The van der Waals surface area contributed by atoms with Crippen LogP contribution in [0.4, 0.5) is 15.6 Å². The molecule has 33 heavy (non-hydrogen) atoms. The van der Waals surface area contributed by atoms with Gasteiger partial charge in [-0.15, -0.1) is 0 Å². The highest BCUT2D eigenvalue weighted by Crippen LogP contribution is 2.29. The van der Waals surface area contributed by atoms with Crippen molar-refractivity contribution in [3.8, 4) is 10.4 Å². The predicted octanol–water partition coefficient (Wildman–Crippen LogP) is 5.69. The van der Waals surface area contributed by atoms with E-state index in [1.165, 1.54) is 11.3 Å². The summed E-state index contributed by atoms with van der Waals surface area (Å²) in [7, 11) is 0. The maximum Gasteiger partial charge on any atom is 0.410 e. The zero-order chi connectivity index (χ0) is 23.4. The Morgan fingerprint density at radius 1 is 1.15 bits per heavy atom. The van der Waals surface area contributed by atoms with E-state index in [4.69, 9.17) is 33.7 Å². The molecule has 0 atom stereocenters. The molecule has 172 valence electrons. The van der Waals surface area contributed by atoms with Crippen molar-refractivity contribution in [3.63, 3.8) is 0 Å². The Labute approximate surface area is 205 Å². The van der Waals surface area contributed by atoms with Crippen LogP contribution in [0.3, 0.4) is 0 Å². The number of nitrogens with two attached hydrogens (primary N) is 1. The van der Waals surface area contributed by atoms with Crippen LogP contribution in [0.5, 0.6) is 0 Å². The highest BCUT2D eigenvalue weighted by Gasteiger charge is 2.28. The lowest BCUT2D eigenvalue weighted by Crippen LogP contribution is -2.41. The first kappa shape index (κ1) is 23.4. The number of nitrogen functional groups attached to an aromatic ring is 1. The maximum absolute atomic E-state index is 12.8. The Morgan fingerprint density at radius 2 is 1.88 bits per heavy atom. The quantitative estimate of drug-likeness (QED) is 0.465. The summed E-state index contributed by atoms with van der Waals surface area (Å²) in [6, 6.07) is 12.6. The molecule has 2 aromatic carbocycles. The monoisotopic (exact) mass is 504 g/mol. The second-order valence-electron chi connectivity index (χ2n) is 7.73. The molecule has 1 aliphatic rings. The summed E-state index contributed by atoms with van der Waals surface area (Å²) in [5.74, 6) is -0.235. The van der Waals surface area contributed by atoms with E-state index in [2.05, 4.69) is 10.3 Å². The molecule has 3 N–H and O–H groups in total. The van der Waals surface area contributed by atoms with Gasteiger partial charge in [-0.3, -0.25) is 4.79 Å². The van der Waals surface area contributed by atoms with Crippen LogP contribution in [0.1, 0.15) is 18.4 Å². The van der Waals surface area contributed by atoms with Gasteiger partial charge in [0.1, 0.15) is 6.61 Å². The lowest BCUT2D eigenvalue weighted by Gasteiger charge is -2.30. The van der Waals surface area contributed by atoms with Crippen LogP contribution in [-0.4, -0.2) is 35.0 Å². The molecular weight excluding hydrogens is 483 g/mol. The van der Waals surface area contributed by atoms with E-state index < -0.39 is 6.09 Å². The number of anilines is 2. The van der Waals surface area contributed by atoms with Gasteiger partial charge in [-0.1, -0.05) is 46.7 Å². The number of nitrogens with zero attached hydrogens (tertiary/aromatic N) is 2. The molecule has 2 amide bonds. The van der Waals surface area contributed by atoms with Gasteiger partial charge >= 0.3 is 6.09 Å². The second-order valence-corrected chi connectivity index (χ2v) is 9.66. The number of likely N-dealkylation sites (tertiary alicyclic amines) is 1. The lowest BCUT2D eigenvalue weighted by atomic mass is 9.96. The molecular formula is C23H22Cl2N4O3S. The van der Waals surface area contributed by atoms with E-state index >= 15 is 0 Å². The number of aromatic nitrogens is 1. The van der Waals surface area contributed by atoms with Gasteiger partial charge in [-0.05, 0) is 54.3 Å². The molecule has 0 aliphatic carbocycles. The van der Waals surface area contributed by atoms with Gasteiger partial charge in [0.15, 0.2) is 5.13 Å². The predicted molar refractivity (Wildman–Crippen MR) is 132 cm³/mol. The molecule has 0 saturated carbocycles. The minimum absolute atomic E-state index is 0.0578. The van der Waals surface area contributed by atoms with Crippen LogP contribution < -0.4 is 11.1 Å². The fourth-order valence-electron chi connectivity index (χ4n) is 3.67. The number of carbonyl (C=O) groups is 2. The number of rotatable bonds is 5. The van der Waals surface area contributed by atoms with Crippen LogP contribution in [0, 0.1) is 5.92 Å². The Kier molecular flexibility index (Phi) is 7.37. The summed E-state index contributed by atoms with van der Waals surface area (Å²) in [6.45, 7) is 0.988. The van der Waals surface area contributed by atoms with Crippen LogP contribution in [-0.2, 0) is 16.1 Å². The fraction of sp³-hybridized carbons (Fsp3) is 0.261. The number of hydrogen-bond donors (Lipinski definition) is 2. The van der Waals surface area contributed by atoms with E-state index in [9.17, 15) is 9.59 Å². The van der Waals surface area contributed by atoms with Gasteiger partial charge in [0, 0.05) is 40.9 Å². The van der Waals surface area contributed by atoms with Crippen molar-refractivity contribution in [2.75, 3.05) is 24.1 Å². The van der Waals surface area contributed by atoms with E-state index in [0.717, 1.165) is 16.0 Å². The third-order valence-electron chi connectivity index (χ3n) is 5.35. The van der Waals surface area contributed by atoms with E-state index in [1.54, 1.807) is 29.3 Å².